The van der Waals surface area contributed by atoms with E-state index >= 15 is 0 Å². The van der Waals surface area contributed by atoms with Crippen molar-refractivity contribution in [2.45, 2.75) is 27.2 Å². The van der Waals surface area contributed by atoms with Gasteiger partial charge in [0.2, 0.25) is 5.91 Å². The Morgan fingerprint density at radius 3 is 2.58 bits per heavy atom. The molecule has 0 fully saturated rings. The van der Waals surface area contributed by atoms with Crippen molar-refractivity contribution in [2.75, 3.05) is 6.61 Å². The van der Waals surface area contributed by atoms with Crippen LogP contribution in [-0.4, -0.2) is 29.3 Å². The SMILES string of the molecule is CCOC(=O)c1cccc(-n2c(C)cc(/C=N\NC(=O)Cc3ccc(Cl)cc3)c2C)c1. The normalized spacial score (nSPS) is 11.0. The first-order valence-electron chi connectivity index (χ1n) is 9.92. The maximum atomic E-state index is 12.1. The molecule has 0 saturated carbocycles. The van der Waals surface area contributed by atoms with Crippen LogP contribution in [0.25, 0.3) is 5.69 Å². The first-order valence-corrected chi connectivity index (χ1v) is 10.3. The van der Waals surface area contributed by atoms with Gasteiger partial charge in [0.1, 0.15) is 0 Å². The lowest BCUT2D eigenvalue weighted by Gasteiger charge is -2.11. The third-order valence-corrected chi connectivity index (χ3v) is 5.01. The van der Waals surface area contributed by atoms with Crippen molar-refractivity contribution in [2.24, 2.45) is 5.10 Å². The second-order valence-corrected chi connectivity index (χ2v) is 7.47. The Balaban J connectivity index is 1.72. The van der Waals surface area contributed by atoms with Crippen LogP contribution in [0.1, 0.15) is 39.8 Å². The molecule has 1 N–H and O–H groups in total. The Bertz CT molecular complexity index is 1120. The molecule has 1 heterocycles. The first-order chi connectivity index (χ1) is 14.9. The van der Waals surface area contributed by atoms with Gasteiger partial charge in [0, 0.05) is 27.7 Å². The number of amides is 1. The van der Waals surface area contributed by atoms with E-state index in [9.17, 15) is 9.59 Å². The molecule has 160 valence electrons. The van der Waals surface area contributed by atoms with Crippen molar-refractivity contribution in [3.63, 3.8) is 0 Å². The van der Waals surface area contributed by atoms with Crippen molar-refractivity contribution in [1.29, 1.82) is 0 Å². The molecule has 1 aromatic heterocycles. The minimum Gasteiger partial charge on any atom is -0.462 e. The van der Waals surface area contributed by atoms with Crippen LogP contribution in [0.15, 0.2) is 59.7 Å². The molecule has 1 amide bonds. The number of esters is 1. The Labute approximate surface area is 186 Å². The molecule has 6 nitrogen and oxygen atoms in total. The molecule has 31 heavy (non-hydrogen) atoms. The van der Waals surface area contributed by atoms with E-state index in [0.717, 1.165) is 28.2 Å². The monoisotopic (exact) mass is 437 g/mol. The summed E-state index contributed by atoms with van der Waals surface area (Å²) in [6, 6.07) is 16.4. The summed E-state index contributed by atoms with van der Waals surface area (Å²) in [6.45, 7) is 6.04. The van der Waals surface area contributed by atoms with Crippen molar-refractivity contribution in [1.82, 2.24) is 9.99 Å². The fraction of sp³-hybridized carbons (Fsp3) is 0.208. The third kappa shape index (κ3) is 5.61. The van der Waals surface area contributed by atoms with Crippen LogP contribution in [0.3, 0.4) is 0 Å². The predicted molar refractivity (Wildman–Crippen MR) is 122 cm³/mol. The lowest BCUT2D eigenvalue weighted by molar-refractivity contribution is -0.120. The smallest absolute Gasteiger partial charge is 0.338 e. The van der Waals surface area contributed by atoms with Gasteiger partial charge in [0.15, 0.2) is 0 Å². The number of nitrogens with zero attached hydrogens (tertiary/aromatic N) is 2. The zero-order valence-electron chi connectivity index (χ0n) is 17.7. The minimum absolute atomic E-state index is 0.213. The van der Waals surface area contributed by atoms with Crippen LogP contribution in [0.5, 0.6) is 0 Å². The van der Waals surface area contributed by atoms with E-state index in [1.165, 1.54) is 0 Å². The lowest BCUT2D eigenvalue weighted by Crippen LogP contribution is -2.19. The van der Waals surface area contributed by atoms with Crippen LogP contribution < -0.4 is 5.43 Å². The van der Waals surface area contributed by atoms with Crippen molar-refractivity contribution >= 4 is 29.7 Å². The molecule has 0 unspecified atom stereocenters. The molecular weight excluding hydrogens is 414 g/mol. The van der Waals surface area contributed by atoms with Gasteiger partial charge in [-0.3, -0.25) is 4.79 Å². The average molecular weight is 438 g/mol. The van der Waals surface area contributed by atoms with Crippen LogP contribution in [0.4, 0.5) is 0 Å². The maximum absolute atomic E-state index is 12.1. The Hall–Kier alpha value is -3.38. The number of ether oxygens (including phenoxy) is 1. The summed E-state index contributed by atoms with van der Waals surface area (Å²) in [4.78, 5) is 24.2. The van der Waals surface area contributed by atoms with Crippen molar-refractivity contribution in [3.05, 3.63) is 87.7 Å². The van der Waals surface area contributed by atoms with Gasteiger partial charge in [-0.1, -0.05) is 29.8 Å². The maximum Gasteiger partial charge on any atom is 0.338 e. The molecular formula is C24H24ClN3O3. The van der Waals surface area contributed by atoms with Crippen LogP contribution in [-0.2, 0) is 16.0 Å². The lowest BCUT2D eigenvalue weighted by atomic mass is 10.1. The number of carbonyl (C=O) groups is 2. The van der Waals surface area contributed by atoms with E-state index < -0.39 is 0 Å². The molecule has 2 aromatic carbocycles. The van der Waals surface area contributed by atoms with E-state index in [1.54, 1.807) is 37.4 Å². The average Bonchev–Trinajstić information content (AvgIpc) is 3.03. The number of rotatable bonds is 7. The highest BCUT2D eigenvalue weighted by atomic mass is 35.5. The molecule has 0 aliphatic carbocycles. The van der Waals surface area contributed by atoms with Crippen LogP contribution >= 0.6 is 11.6 Å². The number of aryl methyl sites for hydroxylation is 1. The summed E-state index contributed by atoms with van der Waals surface area (Å²) in [7, 11) is 0. The number of carbonyl (C=O) groups excluding carboxylic acids is 2. The summed E-state index contributed by atoms with van der Waals surface area (Å²) in [5.74, 6) is -0.563. The molecule has 0 atom stereocenters. The molecule has 0 radical (unpaired) electrons. The highest BCUT2D eigenvalue weighted by Crippen LogP contribution is 2.21. The summed E-state index contributed by atoms with van der Waals surface area (Å²) >= 11 is 5.86. The Morgan fingerprint density at radius 1 is 1.13 bits per heavy atom. The standard InChI is InChI=1S/C24H24ClN3O3/c1-4-31-24(30)19-6-5-7-22(14-19)28-16(2)12-20(17(28)3)15-26-27-23(29)13-18-8-10-21(25)11-9-18/h5-12,14-15H,4,13H2,1-3H3,(H,27,29)/b26-15-. The van der Waals surface area contributed by atoms with Gasteiger partial charge in [-0.25, -0.2) is 10.2 Å². The molecule has 7 heteroatoms. The summed E-state index contributed by atoms with van der Waals surface area (Å²) < 4.78 is 7.12. The topological polar surface area (TPSA) is 72.7 Å². The molecule has 3 rings (SSSR count). The quantitative estimate of drug-likeness (QED) is 0.333. The van der Waals surface area contributed by atoms with E-state index in [1.807, 2.05) is 48.7 Å². The summed E-state index contributed by atoms with van der Waals surface area (Å²) in [5, 5.41) is 4.73. The van der Waals surface area contributed by atoms with Crippen LogP contribution in [0, 0.1) is 13.8 Å². The zero-order chi connectivity index (χ0) is 22.4. The second kappa shape index (κ2) is 10.1. The predicted octanol–water partition coefficient (Wildman–Crippen LogP) is 4.62. The third-order valence-electron chi connectivity index (χ3n) is 4.76. The molecule has 0 saturated heterocycles. The van der Waals surface area contributed by atoms with Crippen molar-refractivity contribution in [3.8, 4) is 5.69 Å². The number of hydrogen-bond acceptors (Lipinski definition) is 4. The summed E-state index contributed by atoms with van der Waals surface area (Å²) in [6.07, 6.45) is 1.84. The van der Waals surface area contributed by atoms with E-state index in [0.29, 0.717) is 17.2 Å². The van der Waals surface area contributed by atoms with E-state index in [2.05, 4.69) is 10.5 Å². The van der Waals surface area contributed by atoms with Crippen LogP contribution in [0.2, 0.25) is 5.02 Å². The number of benzene rings is 2. The second-order valence-electron chi connectivity index (χ2n) is 7.03. The molecule has 0 aliphatic heterocycles. The van der Waals surface area contributed by atoms with Gasteiger partial charge < -0.3 is 9.30 Å². The molecule has 3 aromatic rings. The Kier molecular flexibility index (Phi) is 7.26. The summed E-state index contributed by atoms with van der Waals surface area (Å²) in [5.41, 5.74) is 7.55. The van der Waals surface area contributed by atoms with E-state index in [-0.39, 0.29) is 18.3 Å². The Morgan fingerprint density at radius 2 is 1.87 bits per heavy atom. The van der Waals surface area contributed by atoms with Gasteiger partial charge in [-0.05, 0) is 62.7 Å². The van der Waals surface area contributed by atoms with Gasteiger partial charge in [-0.15, -0.1) is 0 Å². The van der Waals surface area contributed by atoms with Gasteiger partial charge in [-0.2, -0.15) is 5.10 Å². The van der Waals surface area contributed by atoms with E-state index in [4.69, 9.17) is 16.3 Å². The van der Waals surface area contributed by atoms with Gasteiger partial charge in [0.25, 0.3) is 0 Å². The zero-order valence-corrected chi connectivity index (χ0v) is 18.4. The number of halogens is 1. The minimum atomic E-state index is -0.350. The molecule has 0 spiro atoms. The first kappa shape index (κ1) is 22.3. The largest absolute Gasteiger partial charge is 0.462 e. The highest BCUT2D eigenvalue weighted by Gasteiger charge is 2.12. The number of aromatic nitrogens is 1. The van der Waals surface area contributed by atoms with Crippen molar-refractivity contribution < 1.29 is 14.3 Å². The number of hydrazone groups is 1. The fourth-order valence-electron chi connectivity index (χ4n) is 3.30. The fourth-order valence-corrected chi connectivity index (χ4v) is 3.43. The highest BCUT2D eigenvalue weighted by molar-refractivity contribution is 6.30. The number of nitrogens with one attached hydrogen (secondary N) is 1. The van der Waals surface area contributed by atoms with Gasteiger partial charge >= 0.3 is 5.97 Å². The molecule has 0 bridgehead atoms. The number of hydrogen-bond donors (Lipinski definition) is 1. The molecule has 0 aliphatic rings. The van der Waals surface area contributed by atoms with Gasteiger partial charge in [0.05, 0.1) is 24.8 Å².